The van der Waals surface area contributed by atoms with E-state index in [0.717, 1.165) is 5.56 Å². The molecule has 0 unspecified atom stereocenters. The normalized spacial score (nSPS) is 10.6. The second-order valence-electron chi connectivity index (χ2n) is 7.23. The van der Waals surface area contributed by atoms with E-state index in [2.05, 4.69) is 10.3 Å². The number of carbonyl (C=O) groups is 1. The molecule has 0 aliphatic rings. The second kappa shape index (κ2) is 9.44. The van der Waals surface area contributed by atoms with Gasteiger partial charge in [0.15, 0.2) is 11.5 Å². The van der Waals surface area contributed by atoms with Gasteiger partial charge in [0.25, 0.3) is 11.5 Å². The molecule has 3 aromatic carbocycles. The lowest BCUT2D eigenvalue weighted by Gasteiger charge is -2.11. The Morgan fingerprint density at radius 2 is 1.76 bits per heavy atom. The van der Waals surface area contributed by atoms with E-state index in [1.807, 2.05) is 12.1 Å². The number of methoxy groups -OCH3 is 3. The molecule has 0 spiro atoms. The van der Waals surface area contributed by atoms with Crippen molar-refractivity contribution in [1.82, 2.24) is 14.9 Å². The molecule has 4 rings (SSSR count). The molecule has 33 heavy (non-hydrogen) atoms. The van der Waals surface area contributed by atoms with Crippen molar-refractivity contribution in [1.29, 1.82) is 0 Å². The van der Waals surface area contributed by atoms with Crippen molar-refractivity contribution >= 4 is 16.8 Å². The minimum absolute atomic E-state index is 0.231. The summed E-state index contributed by atoms with van der Waals surface area (Å²) in [6.45, 7) is 0.308. The number of amides is 1. The predicted octanol–water partition coefficient (Wildman–Crippen LogP) is 3.34. The van der Waals surface area contributed by atoms with E-state index in [1.54, 1.807) is 69.9 Å². The molecule has 8 heteroatoms. The topological polar surface area (TPSA) is 91.7 Å². The molecule has 168 valence electrons. The van der Waals surface area contributed by atoms with Crippen LogP contribution in [0.1, 0.15) is 15.9 Å². The highest BCUT2D eigenvalue weighted by atomic mass is 16.5. The number of hydrogen-bond donors (Lipinski definition) is 1. The number of benzene rings is 3. The van der Waals surface area contributed by atoms with Gasteiger partial charge in [-0.3, -0.25) is 14.2 Å². The number of fused-ring (bicyclic) bond motifs is 1. The molecular weight excluding hydrogens is 422 g/mol. The van der Waals surface area contributed by atoms with E-state index >= 15 is 0 Å². The number of hydrogen-bond acceptors (Lipinski definition) is 6. The summed E-state index contributed by atoms with van der Waals surface area (Å²) in [7, 11) is 4.70. The Morgan fingerprint density at radius 1 is 0.939 bits per heavy atom. The van der Waals surface area contributed by atoms with Gasteiger partial charge in [-0.1, -0.05) is 12.1 Å². The molecule has 0 saturated heterocycles. The van der Waals surface area contributed by atoms with Crippen molar-refractivity contribution in [2.75, 3.05) is 21.3 Å². The zero-order valence-corrected chi connectivity index (χ0v) is 18.5. The van der Waals surface area contributed by atoms with E-state index in [9.17, 15) is 9.59 Å². The SMILES string of the molecule is COc1cccc(-n2cnc3cc(C(=O)NCc4ccc(OC)c(OC)c4)ccc3c2=O)c1. The van der Waals surface area contributed by atoms with Crippen molar-refractivity contribution < 1.29 is 19.0 Å². The second-order valence-corrected chi connectivity index (χ2v) is 7.23. The largest absolute Gasteiger partial charge is 0.497 e. The maximum absolute atomic E-state index is 13.0. The van der Waals surface area contributed by atoms with Gasteiger partial charge in [-0.25, -0.2) is 4.98 Å². The predicted molar refractivity (Wildman–Crippen MR) is 125 cm³/mol. The van der Waals surface area contributed by atoms with Crippen LogP contribution in [0.4, 0.5) is 0 Å². The van der Waals surface area contributed by atoms with Gasteiger partial charge in [-0.05, 0) is 48.0 Å². The van der Waals surface area contributed by atoms with Gasteiger partial charge in [0.2, 0.25) is 0 Å². The summed E-state index contributed by atoms with van der Waals surface area (Å²) >= 11 is 0. The summed E-state index contributed by atoms with van der Waals surface area (Å²) in [5.41, 5.74) is 2.13. The van der Waals surface area contributed by atoms with Gasteiger partial charge in [0.1, 0.15) is 12.1 Å². The molecule has 0 bridgehead atoms. The fourth-order valence-corrected chi connectivity index (χ4v) is 3.48. The highest BCUT2D eigenvalue weighted by molar-refractivity contribution is 5.97. The molecule has 1 amide bonds. The summed E-state index contributed by atoms with van der Waals surface area (Å²) < 4.78 is 17.2. The molecule has 0 radical (unpaired) electrons. The molecule has 0 fully saturated rings. The van der Waals surface area contributed by atoms with Crippen LogP contribution in [0.15, 0.2) is 71.8 Å². The van der Waals surface area contributed by atoms with E-state index < -0.39 is 0 Å². The van der Waals surface area contributed by atoms with Crippen LogP contribution in [0.3, 0.4) is 0 Å². The zero-order valence-electron chi connectivity index (χ0n) is 18.5. The summed E-state index contributed by atoms with van der Waals surface area (Å²) in [6, 6.07) is 17.4. The first-order chi connectivity index (χ1) is 16.0. The Morgan fingerprint density at radius 3 is 2.52 bits per heavy atom. The molecule has 1 aromatic heterocycles. The average molecular weight is 445 g/mol. The third kappa shape index (κ3) is 4.50. The Balaban J connectivity index is 1.55. The maximum atomic E-state index is 13.0. The summed E-state index contributed by atoms with van der Waals surface area (Å²) in [5.74, 6) is 1.57. The lowest BCUT2D eigenvalue weighted by atomic mass is 10.1. The first-order valence-electron chi connectivity index (χ1n) is 10.2. The van der Waals surface area contributed by atoms with E-state index in [-0.39, 0.29) is 11.5 Å². The van der Waals surface area contributed by atoms with Crippen LogP contribution in [0.5, 0.6) is 17.2 Å². The summed E-state index contributed by atoms with van der Waals surface area (Å²) in [4.78, 5) is 30.1. The minimum atomic E-state index is -0.273. The standard InChI is InChI=1S/C25H23N3O5/c1-31-19-6-4-5-18(13-19)28-15-27-21-12-17(8-9-20(21)25(28)30)24(29)26-14-16-7-10-22(32-2)23(11-16)33-3/h4-13,15H,14H2,1-3H3,(H,26,29). The maximum Gasteiger partial charge on any atom is 0.265 e. The first-order valence-corrected chi connectivity index (χ1v) is 10.2. The van der Waals surface area contributed by atoms with Gasteiger partial charge in [0, 0.05) is 18.2 Å². The van der Waals surface area contributed by atoms with Crippen molar-refractivity contribution in [3.63, 3.8) is 0 Å². The Bertz CT molecular complexity index is 1380. The van der Waals surface area contributed by atoms with Crippen molar-refractivity contribution in [2.45, 2.75) is 6.54 Å². The van der Waals surface area contributed by atoms with Crippen LogP contribution in [0.25, 0.3) is 16.6 Å². The zero-order chi connectivity index (χ0) is 23.4. The van der Waals surface area contributed by atoms with Crippen LogP contribution in [0.2, 0.25) is 0 Å². The molecule has 1 heterocycles. The number of nitrogens with one attached hydrogen (secondary N) is 1. The van der Waals surface area contributed by atoms with Crippen LogP contribution in [0, 0.1) is 0 Å². The van der Waals surface area contributed by atoms with Gasteiger partial charge in [-0.15, -0.1) is 0 Å². The average Bonchev–Trinajstić information content (AvgIpc) is 2.87. The van der Waals surface area contributed by atoms with E-state index in [4.69, 9.17) is 14.2 Å². The smallest absolute Gasteiger partial charge is 0.265 e. The molecule has 8 nitrogen and oxygen atoms in total. The third-order valence-electron chi connectivity index (χ3n) is 5.25. The van der Waals surface area contributed by atoms with Gasteiger partial charge >= 0.3 is 0 Å². The molecule has 0 aliphatic heterocycles. The van der Waals surface area contributed by atoms with Gasteiger partial charge < -0.3 is 19.5 Å². The monoisotopic (exact) mass is 445 g/mol. The molecule has 1 N–H and O–H groups in total. The Labute approximate surface area is 190 Å². The van der Waals surface area contributed by atoms with Crippen molar-refractivity contribution in [3.05, 3.63) is 88.5 Å². The molecular formula is C25H23N3O5. The first kappa shape index (κ1) is 21.9. The van der Waals surface area contributed by atoms with Crippen molar-refractivity contribution in [3.8, 4) is 22.9 Å². The van der Waals surface area contributed by atoms with Gasteiger partial charge in [0.05, 0.1) is 37.9 Å². The lowest BCUT2D eigenvalue weighted by Crippen LogP contribution is -2.23. The van der Waals surface area contributed by atoms with Crippen LogP contribution in [-0.2, 0) is 6.54 Å². The van der Waals surface area contributed by atoms with E-state index in [0.29, 0.717) is 45.9 Å². The van der Waals surface area contributed by atoms with E-state index in [1.165, 1.54) is 10.9 Å². The third-order valence-corrected chi connectivity index (χ3v) is 5.25. The fourth-order valence-electron chi connectivity index (χ4n) is 3.48. The van der Waals surface area contributed by atoms with Crippen LogP contribution >= 0.6 is 0 Å². The highest BCUT2D eigenvalue weighted by Gasteiger charge is 2.12. The molecule has 0 saturated carbocycles. The summed E-state index contributed by atoms with van der Waals surface area (Å²) in [5, 5.41) is 3.29. The fraction of sp³-hybridized carbons (Fsp3) is 0.160. The number of aromatic nitrogens is 2. The molecule has 0 atom stereocenters. The van der Waals surface area contributed by atoms with Crippen molar-refractivity contribution in [2.24, 2.45) is 0 Å². The number of ether oxygens (including phenoxy) is 3. The number of carbonyl (C=O) groups excluding carboxylic acids is 1. The lowest BCUT2D eigenvalue weighted by molar-refractivity contribution is 0.0951. The quantitative estimate of drug-likeness (QED) is 0.469. The van der Waals surface area contributed by atoms with Gasteiger partial charge in [-0.2, -0.15) is 0 Å². The van der Waals surface area contributed by atoms with Crippen LogP contribution < -0.4 is 25.1 Å². The number of nitrogens with zero attached hydrogens (tertiary/aromatic N) is 2. The summed E-state index contributed by atoms with van der Waals surface area (Å²) in [6.07, 6.45) is 1.45. The Hall–Kier alpha value is -4.33. The minimum Gasteiger partial charge on any atom is -0.497 e. The van der Waals surface area contributed by atoms with Crippen LogP contribution in [-0.4, -0.2) is 36.8 Å². The molecule has 0 aliphatic carbocycles. The number of rotatable bonds is 7. The Kier molecular flexibility index (Phi) is 6.26. The highest BCUT2D eigenvalue weighted by Crippen LogP contribution is 2.27. The molecule has 4 aromatic rings.